The van der Waals surface area contributed by atoms with E-state index in [9.17, 15) is 14.7 Å². The van der Waals surface area contributed by atoms with Crippen molar-refractivity contribution in [3.63, 3.8) is 0 Å². The Morgan fingerprint density at radius 1 is 1.36 bits per heavy atom. The molecule has 1 aromatic carbocycles. The number of halogens is 2. The zero-order chi connectivity index (χ0) is 20.6. The van der Waals surface area contributed by atoms with Crippen LogP contribution in [0, 0.1) is 0 Å². The number of benzene rings is 1. The summed E-state index contributed by atoms with van der Waals surface area (Å²) in [7, 11) is 0. The molecule has 1 aliphatic rings. The number of nitrogens with zero attached hydrogens (tertiary/aromatic N) is 2. The topological polar surface area (TPSA) is 84.2 Å². The minimum atomic E-state index is -0.726. The number of aliphatic hydroxyl groups is 1. The second kappa shape index (κ2) is 7.85. The minimum absolute atomic E-state index is 0.00156. The van der Waals surface area contributed by atoms with E-state index in [-0.39, 0.29) is 24.4 Å². The highest BCUT2D eigenvalue weighted by molar-refractivity contribution is 6.43. The summed E-state index contributed by atoms with van der Waals surface area (Å²) in [6.07, 6.45) is 1.01. The molecule has 2 aromatic rings. The van der Waals surface area contributed by atoms with Crippen molar-refractivity contribution in [2.24, 2.45) is 0 Å². The Kier molecular flexibility index (Phi) is 5.84. The Bertz CT molecular complexity index is 962. The van der Waals surface area contributed by atoms with Gasteiger partial charge in [-0.2, -0.15) is 5.10 Å². The molecular weight excluding hydrogens is 401 g/mol. The van der Waals surface area contributed by atoms with E-state index in [2.05, 4.69) is 10.4 Å². The van der Waals surface area contributed by atoms with Gasteiger partial charge in [0.1, 0.15) is 6.54 Å². The first-order valence-electron chi connectivity index (χ1n) is 9.15. The van der Waals surface area contributed by atoms with Crippen LogP contribution in [0.5, 0.6) is 0 Å². The van der Waals surface area contributed by atoms with Gasteiger partial charge in [0, 0.05) is 23.2 Å². The third-order valence-corrected chi connectivity index (χ3v) is 5.66. The maximum Gasteiger partial charge on any atom is 0.267 e. The SMILES string of the molecule is CC(C)c1nn(CC(=O)N[C@H]2C[C@](C)(O)C2)c(=O)cc1-c1cccc(Cl)c1Cl. The number of carbonyl (C=O) groups excluding carboxylic acids is 1. The number of rotatable bonds is 5. The van der Waals surface area contributed by atoms with Crippen LogP contribution in [0.3, 0.4) is 0 Å². The molecule has 0 saturated heterocycles. The van der Waals surface area contributed by atoms with Crippen LogP contribution >= 0.6 is 23.2 Å². The Labute approximate surface area is 173 Å². The van der Waals surface area contributed by atoms with Crippen LogP contribution < -0.4 is 10.9 Å². The van der Waals surface area contributed by atoms with E-state index in [1.54, 1.807) is 25.1 Å². The zero-order valence-corrected chi connectivity index (χ0v) is 17.5. The molecule has 0 atom stereocenters. The highest BCUT2D eigenvalue weighted by atomic mass is 35.5. The number of amides is 1. The molecule has 2 N–H and O–H groups in total. The number of hydrogen-bond acceptors (Lipinski definition) is 4. The van der Waals surface area contributed by atoms with Crippen LogP contribution in [0.15, 0.2) is 29.1 Å². The van der Waals surface area contributed by atoms with Gasteiger partial charge in [-0.05, 0) is 31.7 Å². The highest BCUT2D eigenvalue weighted by Gasteiger charge is 2.39. The number of hydrogen-bond donors (Lipinski definition) is 2. The number of aromatic nitrogens is 2. The van der Waals surface area contributed by atoms with Crippen LogP contribution in [0.4, 0.5) is 0 Å². The van der Waals surface area contributed by atoms with E-state index < -0.39 is 11.2 Å². The van der Waals surface area contributed by atoms with Crippen molar-refractivity contribution in [1.82, 2.24) is 15.1 Å². The molecule has 1 amide bonds. The summed E-state index contributed by atoms with van der Waals surface area (Å²) in [5, 5.41) is 17.8. The van der Waals surface area contributed by atoms with E-state index in [0.717, 1.165) is 4.68 Å². The molecule has 0 bridgehead atoms. The summed E-state index contributed by atoms with van der Waals surface area (Å²) in [4.78, 5) is 24.9. The smallest absolute Gasteiger partial charge is 0.267 e. The average molecular weight is 424 g/mol. The van der Waals surface area contributed by atoms with Crippen molar-refractivity contribution in [3.8, 4) is 11.1 Å². The highest BCUT2D eigenvalue weighted by Crippen LogP contribution is 2.36. The predicted octanol–water partition coefficient (Wildman–Crippen LogP) is 3.37. The Balaban J connectivity index is 1.88. The number of carbonyl (C=O) groups is 1. The van der Waals surface area contributed by atoms with E-state index in [0.29, 0.717) is 39.7 Å². The summed E-state index contributed by atoms with van der Waals surface area (Å²) in [5.74, 6) is -0.306. The van der Waals surface area contributed by atoms with Gasteiger partial charge < -0.3 is 10.4 Å². The van der Waals surface area contributed by atoms with Crippen molar-refractivity contribution in [2.45, 2.75) is 57.7 Å². The van der Waals surface area contributed by atoms with Crippen LogP contribution in [0.25, 0.3) is 11.1 Å². The second-order valence-electron chi connectivity index (χ2n) is 7.86. The van der Waals surface area contributed by atoms with Crippen molar-refractivity contribution in [3.05, 3.63) is 50.4 Å². The molecule has 0 aliphatic heterocycles. The quantitative estimate of drug-likeness (QED) is 0.771. The Hall–Kier alpha value is -1.89. The van der Waals surface area contributed by atoms with Gasteiger partial charge in [0.25, 0.3) is 5.56 Å². The molecule has 150 valence electrons. The summed E-state index contributed by atoms with van der Waals surface area (Å²) in [6, 6.07) is 6.60. The monoisotopic (exact) mass is 423 g/mol. The molecule has 1 aliphatic carbocycles. The summed E-state index contributed by atoms with van der Waals surface area (Å²) in [6.45, 7) is 5.46. The molecular formula is C20H23Cl2N3O3. The lowest BCUT2D eigenvalue weighted by Crippen LogP contribution is -2.54. The summed E-state index contributed by atoms with van der Waals surface area (Å²) >= 11 is 12.4. The van der Waals surface area contributed by atoms with Crippen LogP contribution in [0.2, 0.25) is 10.0 Å². The lowest BCUT2D eigenvalue weighted by Gasteiger charge is -2.41. The lowest BCUT2D eigenvalue weighted by molar-refractivity contribution is -0.125. The first-order valence-corrected chi connectivity index (χ1v) is 9.91. The van der Waals surface area contributed by atoms with Crippen LogP contribution in [0.1, 0.15) is 45.2 Å². The fourth-order valence-electron chi connectivity index (χ4n) is 3.49. The molecule has 1 aromatic heterocycles. The summed E-state index contributed by atoms with van der Waals surface area (Å²) < 4.78 is 1.16. The second-order valence-corrected chi connectivity index (χ2v) is 8.65. The first-order chi connectivity index (χ1) is 13.1. The van der Waals surface area contributed by atoms with Crippen LogP contribution in [-0.2, 0) is 11.3 Å². The molecule has 1 fully saturated rings. The minimum Gasteiger partial charge on any atom is -0.390 e. The molecule has 6 nitrogen and oxygen atoms in total. The van der Waals surface area contributed by atoms with E-state index in [4.69, 9.17) is 23.2 Å². The van der Waals surface area contributed by atoms with Gasteiger partial charge in [-0.25, -0.2) is 4.68 Å². The Morgan fingerprint density at radius 3 is 2.64 bits per heavy atom. The van der Waals surface area contributed by atoms with E-state index >= 15 is 0 Å². The fourth-order valence-corrected chi connectivity index (χ4v) is 3.89. The van der Waals surface area contributed by atoms with Gasteiger partial charge >= 0.3 is 0 Å². The third kappa shape index (κ3) is 4.40. The molecule has 1 saturated carbocycles. The van der Waals surface area contributed by atoms with Crippen molar-refractivity contribution >= 4 is 29.1 Å². The van der Waals surface area contributed by atoms with Gasteiger partial charge in [-0.3, -0.25) is 9.59 Å². The van der Waals surface area contributed by atoms with E-state index in [1.165, 1.54) is 6.07 Å². The van der Waals surface area contributed by atoms with Gasteiger partial charge in [0.05, 0.1) is 21.3 Å². The standard InChI is InChI=1S/C20H23Cl2N3O3/c1-11(2)19-14(13-5-4-6-15(21)18(13)22)7-17(27)25(24-19)10-16(26)23-12-8-20(3,28)9-12/h4-7,11-12,28H,8-10H2,1-3H3,(H,23,26)/t12-,20-. The lowest BCUT2D eigenvalue weighted by atomic mass is 9.77. The van der Waals surface area contributed by atoms with Crippen molar-refractivity contribution in [1.29, 1.82) is 0 Å². The molecule has 0 unspecified atom stereocenters. The van der Waals surface area contributed by atoms with Gasteiger partial charge in [0.15, 0.2) is 0 Å². The van der Waals surface area contributed by atoms with Gasteiger partial charge in [-0.1, -0.05) is 49.2 Å². The normalized spacial score (nSPS) is 21.5. The Morgan fingerprint density at radius 2 is 2.04 bits per heavy atom. The maximum absolute atomic E-state index is 12.6. The van der Waals surface area contributed by atoms with Crippen LogP contribution in [-0.4, -0.2) is 32.4 Å². The average Bonchev–Trinajstić information content (AvgIpc) is 2.57. The van der Waals surface area contributed by atoms with E-state index in [1.807, 2.05) is 13.8 Å². The molecule has 0 radical (unpaired) electrons. The van der Waals surface area contributed by atoms with Gasteiger partial charge in [0.2, 0.25) is 5.91 Å². The zero-order valence-electron chi connectivity index (χ0n) is 16.0. The molecule has 1 heterocycles. The maximum atomic E-state index is 12.6. The molecule has 3 rings (SSSR count). The molecule has 8 heteroatoms. The number of nitrogens with one attached hydrogen (secondary N) is 1. The largest absolute Gasteiger partial charge is 0.390 e. The molecule has 28 heavy (non-hydrogen) atoms. The van der Waals surface area contributed by atoms with Crippen molar-refractivity contribution < 1.29 is 9.90 Å². The molecule has 0 spiro atoms. The third-order valence-electron chi connectivity index (χ3n) is 4.85. The van der Waals surface area contributed by atoms with Crippen molar-refractivity contribution in [2.75, 3.05) is 0 Å². The summed E-state index contributed by atoms with van der Waals surface area (Å²) in [5.41, 5.74) is 0.778. The fraction of sp³-hybridized carbons (Fsp3) is 0.450. The predicted molar refractivity (Wildman–Crippen MR) is 110 cm³/mol. The van der Waals surface area contributed by atoms with Gasteiger partial charge in [-0.15, -0.1) is 0 Å². The first kappa shape index (κ1) is 20.8.